The zero-order valence-corrected chi connectivity index (χ0v) is 20.9. The van der Waals surface area contributed by atoms with Crippen LogP contribution in [0.15, 0.2) is 65.9 Å². The van der Waals surface area contributed by atoms with E-state index in [0.717, 1.165) is 36.7 Å². The fraction of sp³-hybridized carbons (Fsp3) is 0.222. The van der Waals surface area contributed by atoms with Crippen LogP contribution in [0.5, 0.6) is 0 Å². The zero-order valence-electron chi connectivity index (χ0n) is 20.9. The van der Waals surface area contributed by atoms with Gasteiger partial charge in [0.25, 0.3) is 5.91 Å². The second-order valence-electron chi connectivity index (χ2n) is 8.12. The van der Waals surface area contributed by atoms with Crippen LogP contribution < -0.4 is 16.0 Å². The maximum absolute atomic E-state index is 13.5. The molecule has 0 saturated heterocycles. The molecule has 0 radical (unpaired) electrons. The lowest BCUT2D eigenvalue weighted by molar-refractivity contribution is -0.116. The number of allylic oxidation sites excluding steroid dienone is 1. The Bertz CT molecular complexity index is 1320. The van der Waals surface area contributed by atoms with Crippen LogP contribution in [-0.4, -0.2) is 54.7 Å². The van der Waals surface area contributed by atoms with Gasteiger partial charge in [0.2, 0.25) is 5.91 Å². The number of carbonyl (C=O) groups is 2. The second-order valence-corrected chi connectivity index (χ2v) is 8.12. The van der Waals surface area contributed by atoms with Gasteiger partial charge in [-0.2, -0.15) is 0 Å². The Balaban J connectivity index is 1.59. The van der Waals surface area contributed by atoms with Gasteiger partial charge in [-0.3, -0.25) is 14.6 Å². The number of benzene rings is 2. The highest BCUT2D eigenvalue weighted by atomic mass is 19.2. The van der Waals surface area contributed by atoms with E-state index < -0.39 is 23.4 Å². The van der Waals surface area contributed by atoms with Crippen LogP contribution in [0, 0.1) is 17.5 Å². The minimum Gasteiger partial charge on any atom is -0.352 e. The smallest absolute Gasteiger partial charge is 0.254 e. The Morgan fingerprint density at radius 2 is 1.66 bits per heavy atom. The van der Waals surface area contributed by atoms with Crippen molar-refractivity contribution in [3.05, 3.63) is 95.1 Å². The first-order chi connectivity index (χ1) is 18.3. The fourth-order valence-electron chi connectivity index (χ4n) is 3.39. The Hall–Kier alpha value is -4.38. The molecule has 1 heterocycles. The van der Waals surface area contributed by atoms with Crippen molar-refractivity contribution in [3.63, 3.8) is 0 Å². The summed E-state index contributed by atoms with van der Waals surface area (Å²) < 4.78 is 40.2. The van der Waals surface area contributed by atoms with Crippen molar-refractivity contribution >= 4 is 17.5 Å². The summed E-state index contributed by atoms with van der Waals surface area (Å²) in [4.78, 5) is 36.9. The molecule has 2 amide bonds. The number of nitrogens with zero attached hydrogens (tertiary/aromatic N) is 3. The van der Waals surface area contributed by atoms with Crippen LogP contribution >= 0.6 is 0 Å². The van der Waals surface area contributed by atoms with Gasteiger partial charge < -0.3 is 16.0 Å². The number of halogens is 3. The van der Waals surface area contributed by atoms with Gasteiger partial charge in [0.1, 0.15) is 0 Å². The highest BCUT2D eigenvalue weighted by molar-refractivity contribution is 6.11. The average Bonchev–Trinajstić information content (AvgIpc) is 2.93. The molecule has 0 unspecified atom stereocenters. The molecule has 198 valence electrons. The minimum atomic E-state index is -1.57. The Morgan fingerprint density at radius 3 is 2.32 bits per heavy atom. The molecule has 1 aromatic heterocycles. The summed E-state index contributed by atoms with van der Waals surface area (Å²) in [6.07, 6.45) is 6.17. The standard InChI is InChI=1S/C27H27F3N6O2/c1-31-9-4-10-33-27(38)20-15-35-26(36-16-20)18-6-3-5-17(11-18)14-34-24(37)8-7-23(32-2)19-12-21(28)25(30)22(29)13-19/h3,5-8,11-13,15-16,31H,4,9-10,14H2,1-2H3,(H,33,38)(H,34,37)/b8-7-,32-23?. The van der Waals surface area contributed by atoms with Crippen molar-refractivity contribution in [3.8, 4) is 11.4 Å². The van der Waals surface area contributed by atoms with Crippen molar-refractivity contribution in [2.24, 2.45) is 4.99 Å². The van der Waals surface area contributed by atoms with Crippen LogP contribution in [0.4, 0.5) is 13.2 Å². The third kappa shape index (κ3) is 7.81. The van der Waals surface area contributed by atoms with E-state index in [-0.39, 0.29) is 23.7 Å². The SMILES string of the molecule is CN=C(/C=C\C(=O)NCc1cccc(-c2ncc(C(=O)NCCCNC)cn2)c1)c1cc(F)c(F)c(F)c1. The molecule has 0 aliphatic rings. The van der Waals surface area contributed by atoms with Crippen LogP contribution in [0.3, 0.4) is 0 Å². The highest BCUT2D eigenvalue weighted by Gasteiger charge is 2.13. The lowest BCUT2D eigenvalue weighted by atomic mass is 10.1. The van der Waals surface area contributed by atoms with Crippen LogP contribution in [0.25, 0.3) is 11.4 Å². The molecule has 8 nitrogen and oxygen atoms in total. The van der Waals surface area contributed by atoms with E-state index in [1.807, 2.05) is 19.2 Å². The van der Waals surface area contributed by atoms with Crippen molar-refractivity contribution < 1.29 is 22.8 Å². The van der Waals surface area contributed by atoms with Gasteiger partial charge in [-0.05, 0) is 49.9 Å². The number of aliphatic imine (C=N–C) groups is 1. The number of amides is 2. The van der Waals surface area contributed by atoms with Crippen molar-refractivity contribution in [2.75, 3.05) is 27.2 Å². The van der Waals surface area contributed by atoms with Crippen molar-refractivity contribution in [1.29, 1.82) is 0 Å². The zero-order chi connectivity index (χ0) is 27.5. The monoisotopic (exact) mass is 524 g/mol. The highest BCUT2D eigenvalue weighted by Crippen LogP contribution is 2.17. The van der Waals surface area contributed by atoms with Crippen molar-refractivity contribution in [2.45, 2.75) is 13.0 Å². The third-order valence-electron chi connectivity index (χ3n) is 5.37. The van der Waals surface area contributed by atoms with Gasteiger partial charge in [0.15, 0.2) is 23.3 Å². The Labute approximate surface area is 218 Å². The normalized spacial score (nSPS) is 11.6. The maximum Gasteiger partial charge on any atom is 0.254 e. The molecule has 0 bridgehead atoms. The Morgan fingerprint density at radius 1 is 0.947 bits per heavy atom. The molecular weight excluding hydrogens is 497 g/mol. The number of hydrogen-bond acceptors (Lipinski definition) is 6. The molecule has 3 N–H and O–H groups in total. The number of nitrogens with one attached hydrogen (secondary N) is 3. The molecule has 0 aliphatic heterocycles. The van der Waals surface area contributed by atoms with Gasteiger partial charge in [-0.25, -0.2) is 23.1 Å². The molecule has 38 heavy (non-hydrogen) atoms. The molecule has 0 fully saturated rings. The quantitative estimate of drug-likeness (QED) is 0.155. The third-order valence-corrected chi connectivity index (χ3v) is 5.37. The molecule has 0 aliphatic carbocycles. The molecule has 0 saturated carbocycles. The van der Waals surface area contributed by atoms with E-state index in [0.29, 0.717) is 23.5 Å². The van der Waals surface area contributed by atoms with E-state index in [1.54, 1.807) is 12.1 Å². The summed E-state index contributed by atoms with van der Waals surface area (Å²) in [7, 11) is 3.23. The summed E-state index contributed by atoms with van der Waals surface area (Å²) >= 11 is 0. The largest absolute Gasteiger partial charge is 0.352 e. The predicted octanol–water partition coefficient (Wildman–Crippen LogP) is 3.19. The molecule has 0 atom stereocenters. The molecule has 2 aromatic carbocycles. The lowest BCUT2D eigenvalue weighted by Crippen LogP contribution is -2.26. The first kappa shape index (κ1) is 28.2. The van der Waals surface area contributed by atoms with E-state index >= 15 is 0 Å². The van der Waals surface area contributed by atoms with Crippen LogP contribution in [0.2, 0.25) is 0 Å². The summed E-state index contributed by atoms with van der Waals surface area (Å²) in [5, 5.41) is 8.52. The fourth-order valence-corrected chi connectivity index (χ4v) is 3.39. The molecular formula is C27H27F3N6O2. The maximum atomic E-state index is 13.5. The number of carbonyl (C=O) groups excluding carboxylic acids is 2. The molecule has 0 spiro atoms. The van der Waals surface area contributed by atoms with Gasteiger partial charge in [0.05, 0.1) is 11.3 Å². The van der Waals surface area contributed by atoms with Gasteiger partial charge in [-0.1, -0.05) is 18.2 Å². The predicted molar refractivity (Wildman–Crippen MR) is 138 cm³/mol. The minimum absolute atomic E-state index is 0.00190. The number of aromatic nitrogens is 2. The Kier molecular flexibility index (Phi) is 10.2. The van der Waals surface area contributed by atoms with E-state index in [9.17, 15) is 22.8 Å². The summed E-state index contributed by atoms with van der Waals surface area (Å²) in [5.74, 6) is -4.56. The number of hydrogen-bond donors (Lipinski definition) is 3. The topological polar surface area (TPSA) is 108 Å². The van der Waals surface area contributed by atoms with Crippen LogP contribution in [0.1, 0.15) is 27.9 Å². The van der Waals surface area contributed by atoms with E-state index in [4.69, 9.17) is 0 Å². The molecule has 11 heteroatoms. The van der Waals surface area contributed by atoms with Gasteiger partial charge in [-0.15, -0.1) is 0 Å². The van der Waals surface area contributed by atoms with Crippen molar-refractivity contribution in [1.82, 2.24) is 25.9 Å². The first-order valence-corrected chi connectivity index (χ1v) is 11.7. The molecule has 3 rings (SSSR count). The second kappa shape index (κ2) is 13.8. The van der Waals surface area contributed by atoms with E-state index in [1.165, 1.54) is 25.5 Å². The van der Waals surface area contributed by atoms with Gasteiger partial charge >= 0.3 is 0 Å². The number of rotatable bonds is 11. The summed E-state index contributed by atoms with van der Waals surface area (Å²) in [6, 6.07) is 8.83. The summed E-state index contributed by atoms with van der Waals surface area (Å²) in [6.45, 7) is 1.53. The summed E-state index contributed by atoms with van der Waals surface area (Å²) in [5.41, 5.74) is 1.93. The van der Waals surface area contributed by atoms with E-state index in [2.05, 4.69) is 30.9 Å². The lowest BCUT2D eigenvalue weighted by Gasteiger charge is -2.07. The molecule has 3 aromatic rings. The average molecular weight is 525 g/mol. The first-order valence-electron chi connectivity index (χ1n) is 11.7. The van der Waals surface area contributed by atoms with Crippen LogP contribution in [-0.2, 0) is 11.3 Å². The van der Waals surface area contributed by atoms with Gasteiger partial charge in [0, 0.05) is 49.7 Å².